The number of nitrogens with one attached hydrogen (secondary N) is 2. The van der Waals surface area contributed by atoms with Crippen molar-refractivity contribution in [1.29, 1.82) is 0 Å². The molecule has 1 aliphatic carbocycles. The van der Waals surface area contributed by atoms with Crippen LogP contribution in [-0.4, -0.2) is 46.9 Å². The Bertz CT molecular complexity index is 858. The lowest BCUT2D eigenvalue weighted by Gasteiger charge is -2.21. The van der Waals surface area contributed by atoms with E-state index in [4.69, 9.17) is 4.74 Å². The van der Waals surface area contributed by atoms with E-state index in [1.54, 1.807) is 6.92 Å². The molecule has 2 N–H and O–H groups in total. The molecule has 0 bridgehead atoms. The Hall–Kier alpha value is -3.04. The lowest BCUT2D eigenvalue weighted by Crippen LogP contribution is -2.46. The molecule has 4 amide bonds. The van der Waals surface area contributed by atoms with Crippen molar-refractivity contribution in [1.82, 2.24) is 10.2 Å². The molecule has 1 saturated carbocycles. The number of hydrogen-bond donors (Lipinski definition) is 2. The summed E-state index contributed by atoms with van der Waals surface area (Å²) >= 11 is 0. The zero-order chi connectivity index (χ0) is 20.6. The first-order valence-electron chi connectivity index (χ1n) is 8.71. The Morgan fingerprint density at radius 2 is 2.04 bits per heavy atom. The molecule has 0 unspecified atom stereocenters. The average Bonchev–Trinajstić information content (AvgIpc) is 3.43. The normalized spacial score (nSPS) is 22.6. The van der Waals surface area contributed by atoms with Crippen molar-refractivity contribution < 1.29 is 32.7 Å². The van der Waals surface area contributed by atoms with Crippen molar-refractivity contribution in [3.63, 3.8) is 0 Å². The minimum Gasteiger partial charge on any atom is -0.451 e. The summed E-state index contributed by atoms with van der Waals surface area (Å²) in [6.07, 6.45) is 0.308. The van der Waals surface area contributed by atoms with E-state index in [2.05, 4.69) is 10.6 Å². The molecule has 3 rings (SSSR count). The van der Waals surface area contributed by atoms with Crippen LogP contribution in [0.4, 0.5) is 19.3 Å². The summed E-state index contributed by atoms with van der Waals surface area (Å²) in [5.74, 6) is -4.07. The van der Waals surface area contributed by atoms with Gasteiger partial charge in [0.05, 0.1) is 5.69 Å². The summed E-state index contributed by atoms with van der Waals surface area (Å²) in [6, 6.07) is 1.90. The van der Waals surface area contributed by atoms with Crippen molar-refractivity contribution in [3.05, 3.63) is 29.8 Å². The Morgan fingerprint density at radius 1 is 1.36 bits per heavy atom. The SMILES string of the molecule is C[C@H](OC(=O)CN1C(=O)N[C@@](C)(C2CC2)C1=O)C(=O)Nc1ccc(F)cc1F. The molecule has 1 aromatic rings. The number of urea groups is 1. The molecule has 2 fully saturated rings. The second-order valence-electron chi connectivity index (χ2n) is 7.04. The highest BCUT2D eigenvalue weighted by molar-refractivity contribution is 6.09. The zero-order valence-corrected chi connectivity index (χ0v) is 15.3. The van der Waals surface area contributed by atoms with E-state index in [0.717, 1.165) is 29.9 Å². The Morgan fingerprint density at radius 3 is 2.64 bits per heavy atom. The first-order valence-corrected chi connectivity index (χ1v) is 8.71. The zero-order valence-electron chi connectivity index (χ0n) is 15.3. The van der Waals surface area contributed by atoms with E-state index in [-0.39, 0.29) is 11.6 Å². The molecule has 8 nitrogen and oxygen atoms in total. The second kappa shape index (κ2) is 7.17. The fourth-order valence-corrected chi connectivity index (χ4v) is 3.04. The number of nitrogens with zero attached hydrogens (tertiary/aromatic N) is 1. The third kappa shape index (κ3) is 3.80. The molecule has 1 saturated heterocycles. The molecule has 10 heteroatoms. The molecule has 1 aromatic carbocycles. The molecule has 0 spiro atoms. The van der Waals surface area contributed by atoms with Crippen LogP contribution in [0.25, 0.3) is 0 Å². The minimum atomic E-state index is -1.33. The number of halogens is 2. The van der Waals surface area contributed by atoms with Crippen LogP contribution >= 0.6 is 0 Å². The van der Waals surface area contributed by atoms with Gasteiger partial charge < -0.3 is 15.4 Å². The Balaban J connectivity index is 1.56. The predicted octanol–water partition coefficient (Wildman–Crippen LogP) is 1.56. The molecule has 0 radical (unpaired) electrons. The average molecular weight is 395 g/mol. The first-order chi connectivity index (χ1) is 13.1. The maximum Gasteiger partial charge on any atom is 0.327 e. The van der Waals surface area contributed by atoms with Crippen LogP contribution in [0.15, 0.2) is 18.2 Å². The van der Waals surface area contributed by atoms with Crippen LogP contribution in [0.5, 0.6) is 0 Å². The van der Waals surface area contributed by atoms with Gasteiger partial charge in [-0.25, -0.2) is 13.6 Å². The van der Waals surface area contributed by atoms with Crippen LogP contribution in [0.1, 0.15) is 26.7 Å². The summed E-state index contributed by atoms with van der Waals surface area (Å²) in [7, 11) is 0. The van der Waals surface area contributed by atoms with Gasteiger partial charge in [0.15, 0.2) is 6.10 Å². The van der Waals surface area contributed by atoms with Crippen LogP contribution in [0.3, 0.4) is 0 Å². The first kappa shape index (κ1) is 19.7. The summed E-state index contributed by atoms with van der Waals surface area (Å²) in [4.78, 5) is 49.4. The van der Waals surface area contributed by atoms with E-state index >= 15 is 0 Å². The highest BCUT2D eigenvalue weighted by Crippen LogP contribution is 2.42. The summed E-state index contributed by atoms with van der Waals surface area (Å²) in [6.45, 7) is 2.22. The van der Waals surface area contributed by atoms with Gasteiger partial charge >= 0.3 is 12.0 Å². The summed E-state index contributed by atoms with van der Waals surface area (Å²) in [5, 5.41) is 4.77. The van der Waals surface area contributed by atoms with E-state index in [0.29, 0.717) is 6.07 Å². The van der Waals surface area contributed by atoms with Crippen LogP contribution < -0.4 is 10.6 Å². The van der Waals surface area contributed by atoms with Crippen molar-refractivity contribution in [2.24, 2.45) is 5.92 Å². The number of ether oxygens (including phenoxy) is 1. The van der Waals surface area contributed by atoms with Gasteiger partial charge in [-0.05, 0) is 44.7 Å². The quantitative estimate of drug-likeness (QED) is 0.562. The topological polar surface area (TPSA) is 105 Å². The van der Waals surface area contributed by atoms with Gasteiger partial charge in [-0.15, -0.1) is 0 Å². The summed E-state index contributed by atoms with van der Waals surface area (Å²) < 4.78 is 31.4. The van der Waals surface area contributed by atoms with Crippen LogP contribution in [0.2, 0.25) is 0 Å². The van der Waals surface area contributed by atoms with Gasteiger partial charge in [-0.2, -0.15) is 0 Å². The van der Waals surface area contributed by atoms with Gasteiger partial charge in [0.2, 0.25) is 0 Å². The van der Waals surface area contributed by atoms with E-state index in [1.807, 2.05) is 0 Å². The van der Waals surface area contributed by atoms with E-state index in [1.165, 1.54) is 6.92 Å². The standard InChI is InChI=1S/C18H19F2N3O5/c1-9(15(25)21-13-6-5-11(19)7-12(13)20)28-14(24)8-23-16(26)18(2,10-3-4-10)22-17(23)27/h5-7,9-10H,3-4,8H2,1-2H3,(H,21,25)(H,22,27)/t9-,18-/m0/s1. The Labute approximate surface area is 159 Å². The fraction of sp³-hybridized carbons (Fsp3) is 0.444. The maximum absolute atomic E-state index is 13.6. The maximum atomic E-state index is 13.6. The lowest BCUT2D eigenvalue weighted by atomic mass is 9.96. The van der Waals surface area contributed by atoms with Crippen molar-refractivity contribution >= 4 is 29.5 Å². The second-order valence-corrected chi connectivity index (χ2v) is 7.04. The van der Waals surface area contributed by atoms with Gasteiger partial charge in [0.25, 0.3) is 11.8 Å². The number of hydrogen-bond acceptors (Lipinski definition) is 5. The van der Waals surface area contributed by atoms with E-state index in [9.17, 15) is 28.0 Å². The monoisotopic (exact) mass is 395 g/mol. The number of imide groups is 1. The molecule has 1 heterocycles. The van der Waals surface area contributed by atoms with Crippen molar-refractivity contribution in [2.45, 2.75) is 38.3 Å². The van der Waals surface area contributed by atoms with Gasteiger partial charge in [0, 0.05) is 6.07 Å². The smallest absolute Gasteiger partial charge is 0.327 e. The number of anilines is 1. The fourth-order valence-electron chi connectivity index (χ4n) is 3.04. The van der Waals surface area contributed by atoms with Gasteiger partial charge in [-0.3, -0.25) is 19.3 Å². The molecule has 2 aliphatic rings. The van der Waals surface area contributed by atoms with Crippen LogP contribution in [0, 0.1) is 17.6 Å². The number of benzene rings is 1. The number of amides is 4. The molecular weight excluding hydrogens is 376 g/mol. The Kier molecular flexibility index (Phi) is 5.05. The molecule has 0 aromatic heterocycles. The molecule has 2 atom stereocenters. The van der Waals surface area contributed by atoms with Crippen molar-refractivity contribution in [3.8, 4) is 0 Å². The number of esters is 1. The van der Waals surface area contributed by atoms with Gasteiger partial charge in [-0.1, -0.05) is 0 Å². The number of rotatable bonds is 6. The molecule has 1 aliphatic heterocycles. The largest absolute Gasteiger partial charge is 0.451 e. The van der Waals surface area contributed by atoms with E-state index < -0.39 is 53.6 Å². The van der Waals surface area contributed by atoms with Crippen LogP contribution in [-0.2, 0) is 19.1 Å². The minimum absolute atomic E-state index is 0.0419. The van der Waals surface area contributed by atoms with Gasteiger partial charge in [0.1, 0.15) is 23.7 Å². The number of carbonyl (C=O) groups excluding carboxylic acids is 4. The predicted molar refractivity (Wildman–Crippen MR) is 91.9 cm³/mol. The highest BCUT2D eigenvalue weighted by atomic mass is 19.1. The molecule has 28 heavy (non-hydrogen) atoms. The lowest BCUT2D eigenvalue weighted by molar-refractivity contribution is -0.155. The molecular formula is C18H19F2N3O5. The summed E-state index contributed by atoms with van der Waals surface area (Å²) in [5.41, 5.74) is -1.30. The van der Waals surface area contributed by atoms with Crippen molar-refractivity contribution in [2.75, 3.05) is 11.9 Å². The third-order valence-corrected chi connectivity index (χ3v) is 4.85. The molecule has 150 valence electrons. The highest BCUT2D eigenvalue weighted by Gasteiger charge is 2.56. The third-order valence-electron chi connectivity index (χ3n) is 4.85. The number of carbonyl (C=O) groups is 4.